The SMILES string of the molecule is C=C1C(C(C)=O)=C(C)C[C@@]2(C)C[C@@]3(C)Cc4c(-c5ccc(C(C)C)cc5)cc(C(C)=O)c(C)c4C(=O)C3=C(C)[C@@]12C. The van der Waals surface area contributed by atoms with E-state index in [1.54, 1.807) is 13.8 Å². The van der Waals surface area contributed by atoms with E-state index >= 15 is 0 Å². The Morgan fingerprint density at radius 2 is 1.54 bits per heavy atom. The van der Waals surface area contributed by atoms with E-state index in [9.17, 15) is 14.4 Å². The highest BCUT2D eigenvalue weighted by Gasteiger charge is 2.61. The Morgan fingerprint density at radius 3 is 2.07 bits per heavy atom. The lowest BCUT2D eigenvalue weighted by Gasteiger charge is -2.61. The van der Waals surface area contributed by atoms with E-state index in [4.69, 9.17) is 0 Å². The topological polar surface area (TPSA) is 51.2 Å². The van der Waals surface area contributed by atoms with Crippen molar-refractivity contribution in [1.82, 2.24) is 0 Å². The lowest BCUT2D eigenvalue weighted by molar-refractivity contribution is -0.113. The molecule has 0 aromatic heterocycles. The molecule has 2 aromatic carbocycles. The maximum Gasteiger partial charge on any atom is 0.190 e. The van der Waals surface area contributed by atoms with E-state index in [-0.39, 0.29) is 28.2 Å². The summed E-state index contributed by atoms with van der Waals surface area (Å²) in [4.78, 5) is 40.5. The maximum absolute atomic E-state index is 14.8. The molecule has 0 saturated heterocycles. The zero-order valence-electron chi connectivity index (χ0n) is 26.5. The highest BCUT2D eigenvalue weighted by molar-refractivity contribution is 6.16. The van der Waals surface area contributed by atoms with E-state index in [0.717, 1.165) is 69.4 Å². The molecule has 0 heterocycles. The first-order valence-electron chi connectivity index (χ1n) is 14.9. The third kappa shape index (κ3) is 3.95. The molecule has 0 unspecified atom stereocenters. The van der Waals surface area contributed by atoms with Crippen molar-refractivity contribution < 1.29 is 14.4 Å². The first kappa shape index (κ1) is 29.2. The Morgan fingerprint density at radius 1 is 0.927 bits per heavy atom. The highest BCUT2D eigenvalue weighted by Crippen LogP contribution is 2.68. The predicted molar refractivity (Wildman–Crippen MR) is 168 cm³/mol. The monoisotopic (exact) mass is 548 g/mol. The number of allylic oxidation sites excluding steroid dienone is 5. The first-order valence-corrected chi connectivity index (χ1v) is 14.9. The van der Waals surface area contributed by atoms with Crippen molar-refractivity contribution in [3.8, 4) is 11.1 Å². The minimum atomic E-state index is -0.517. The molecule has 214 valence electrons. The van der Waals surface area contributed by atoms with Crippen molar-refractivity contribution in [3.63, 3.8) is 0 Å². The smallest absolute Gasteiger partial charge is 0.190 e. The Bertz CT molecular complexity index is 1630. The molecule has 0 N–H and O–H groups in total. The number of hydrogen-bond acceptors (Lipinski definition) is 3. The highest BCUT2D eigenvalue weighted by atomic mass is 16.1. The zero-order chi connectivity index (χ0) is 30.4. The second-order valence-corrected chi connectivity index (χ2v) is 14.1. The maximum atomic E-state index is 14.8. The predicted octanol–water partition coefficient (Wildman–Crippen LogP) is 9.33. The molecular formula is C38H44O3. The fourth-order valence-electron chi connectivity index (χ4n) is 8.91. The molecule has 2 aromatic rings. The minimum absolute atomic E-state index is 0.0265. The number of rotatable bonds is 4. The van der Waals surface area contributed by atoms with Crippen LogP contribution in [0, 0.1) is 23.2 Å². The Labute approximate surface area is 245 Å². The largest absolute Gasteiger partial charge is 0.295 e. The molecule has 3 aliphatic carbocycles. The van der Waals surface area contributed by atoms with Crippen LogP contribution >= 0.6 is 0 Å². The quantitative estimate of drug-likeness (QED) is 0.358. The second-order valence-electron chi connectivity index (χ2n) is 14.1. The summed E-state index contributed by atoms with van der Waals surface area (Å²) < 4.78 is 0. The van der Waals surface area contributed by atoms with Gasteiger partial charge in [-0.15, -0.1) is 0 Å². The van der Waals surface area contributed by atoms with E-state index < -0.39 is 5.41 Å². The number of hydrogen-bond donors (Lipinski definition) is 0. The number of ketones is 3. The third-order valence-corrected chi connectivity index (χ3v) is 11.0. The number of Topliss-reactive ketones (excluding diaryl/α,β-unsaturated/α-hetero) is 3. The third-order valence-electron chi connectivity index (χ3n) is 11.0. The Kier molecular flexibility index (Phi) is 6.65. The summed E-state index contributed by atoms with van der Waals surface area (Å²) in [6.45, 7) is 24.9. The van der Waals surface area contributed by atoms with E-state index in [0.29, 0.717) is 17.0 Å². The molecule has 0 bridgehead atoms. The fourth-order valence-corrected chi connectivity index (χ4v) is 8.91. The number of carbonyl (C=O) groups is 3. The standard InChI is InChI=1S/C38H44O3/c1-20(2)27-12-14-28(15-13-27)30-16-29(25(7)39)22(4)33-31(30)18-36(9)19-37(10)17-21(3)32(26(8)40)23(5)38(37,11)24(6)34(36)35(33)41/h12-16,20H,5,17-19H2,1-4,6-11H3/t36-,37+,38-/m1/s1. The van der Waals surface area contributed by atoms with Crippen LogP contribution in [0.15, 0.2) is 64.8 Å². The molecule has 0 fully saturated rings. The summed E-state index contributed by atoms with van der Waals surface area (Å²) in [6.07, 6.45) is 2.33. The average Bonchev–Trinajstić information content (AvgIpc) is 2.85. The number of fused-ring (bicyclic) bond motifs is 3. The van der Waals surface area contributed by atoms with Gasteiger partial charge in [0.1, 0.15) is 0 Å². The van der Waals surface area contributed by atoms with Crippen molar-refractivity contribution in [2.45, 2.75) is 94.4 Å². The molecule has 3 nitrogen and oxygen atoms in total. The Hall–Kier alpha value is -3.33. The van der Waals surface area contributed by atoms with Crippen LogP contribution in [0.2, 0.25) is 0 Å². The summed E-state index contributed by atoms with van der Waals surface area (Å²) in [5, 5.41) is 0. The van der Waals surface area contributed by atoms with Crippen LogP contribution in [-0.2, 0) is 11.2 Å². The summed E-state index contributed by atoms with van der Waals surface area (Å²) in [7, 11) is 0. The zero-order valence-corrected chi connectivity index (χ0v) is 26.5. The molecule has 0 saturated carbocycles. The van der Waals surface area contributed by atoms with Gasteiger partial charge in [0.15, 0.2) is 17.3 Å². The van der Waals surface area contributed by atoms with Gasteiger partial charge in [0.05, 0.1) is 0 Å². The second kappa shape index (κ2) is 9.34. The summed E-state index contributed by atoms with van der Waals surface area (Å²) in [5.41, 5.74) is 9.83. The van der Waals surface area contributed by atoms with Crippen LogP contribution in [-0.4, -0.2) is 17.3 Å². The van der Waals surface area contributed by atoms with Gasteiger partial charge >= 0.3 is 0 Å². The van der Waals surface area contributed by atoms with Gasteiger partial charge in [0.25, 0.3) is 0 Å². The van der Waals surface area contributed by atoms with Gasteiger partial charge in [-0.25, -0.2) is 0 Å². The summed E-state index contributed by atoms with van der Waals surface area (Å²) in [5.74, 6) is 0.451. The molecule has 0 aliphatic heterocycles. The molecular weight excluding hydrogens is 504 g/mol. The van der Waals surface area contributed by atoms with Crippen molar-refractivity contribution in [1.29, 1.82) is 0 Å². The van der Waals surface area contributed by atoms with Gasteiger partial charge < -0.3 is 0 Å². The molecule has 3 heteroatoms. The van der Waals surface area contributed by atoms with Crippen LogP contribution in [0.3, 0.4) is 0 Å². The van der Waals surface area contributed by atoms with Crippen LogP contribution < -0.4 is 0 Å². The summed E-state index contributed by atoms with van der Waals surface area (Å²) >= 11 is 0. The van der Waals surface area contributed by atoms with Gasteiger partial charge in [-0.05, 0) is 105 Å². The number of benzene rings is 2. The molecule has 0 spiro atoms. The van der Waals surface area contributed by atoms with Gasteiger partial charge in [-0.3, -0.25) is 14.4 Å². The molecule has 41 heavy (non-hydrogen) atoms. The minimum Gasteiger partial charge on any atom is -0.295 e. The van der Waals surface area contributed by atoms with Crippen molar-refractivity contribution in [3.05, 3.63) is 92.6 Å². The lowest BCUT2D eigenvalue weighted by Crippen LogP contribution is -2.54. The molecule has 3 atom stereocenters. The van der Waals surface area contributed by atoms with E-state index in [1.807, 2.05) is 13.0 Å². The normalized spacial score (nSPS) is 27.6. The summed E-state index contributed by atoms with van der Waals surface area (Å²) in [6, 6.07) is 10.6. The van der Waals surface area contributed by atoms with Crippen molar-refractivity contribution in [2.24, 2.45) is 16.2 Å². The Balaban J connectivity index is 1.80. The molecule has 0 amide bonds. The van der Waals surface area contributed by atoms with Gasteiger partial charge in [-0.2, -0.15) is 0 Å². The van der Waals surface area contributed by atoms with E-state index in [1.165, 1.54) is 5.56 Å². The first-order chi connectivity index (χ1) is 19.0. The van der Waals surface area contributed by atoms with Gasteiger partial charge in [-0.1, -0.05) is 76.6 Å². The van der Waals surface area contributed by atoms with Gasteiger partial charge in [0, 0.05) is 33.1 Å². The number of carbonyl (C=O) groups excluding carboxylic acids is 3. The van der Waals surface area contributed by atoms with Crippen LogP contribution in [0.5, 0.6) is 0 Å². The van der Waals surface area contributed by atoms with Crippen molar-refractivity contribution in [2.75, 3.05) is 0 Å². The fraction of sp³-hybridized carbons (Fsp3) is 0.447. The van der Waals surface area contributed by atoms with Crippen LogP contribution in [0.1, 0.15) is 118 Å². The lowest BCUT2D eigenvalue weighted by atomic mass is 9.42. The average molecular weight is 549 g/mol. The van der Waals surface area contributed by atoms with E-state index in [2.05, 4.69) is 79.3 Å². The van der Waals surface area contributed by atoms with Crippen LogP contribution in [0.25, 0.3) is 11.1 Å². The molecule has 5 rings (SSSR count). The molecule has 3 aliphatic rings. The van der Waals surface area contributed by atoms with Crippen LogP contribution in [0.4, 0.5) is 0 Å². The van der Waals surface area contributed by atoms with Crippen molar-refractivity contribution >= 4 is 17.3 Å². The molecule has 0 radical (unpaired) electrons. The van der Waals surface area contributed by atoms with Gasteiger partial charge in [0.2, 0.25) is 0 Å².